The van der Waals surface area contributed by atoms with Gasteiger partial charge in [0.25, 0.3) is 0 Å². The number of amides is 8. The first-order valence-electron chi connectivity index (χ1n) is 24.8. The van der Waals surface area contributed by atoms with E-state index in [1.807, 2.05) is 13.8 Å². The number of H-pyrrole nitrogens is 1. The van der Waals surface area contributed by atoms with Crippen LogP contribution in [-0.2, 0) is 56.0 Å². The van der Waals surface area contributed by atoms with Gasteiger partial charge in [-0.1, -0.05) is 39.8 Å². The van der Waals surface area contributed by atoms with E-state index < -0.39 is 114 Å². The van der Waals surface area contributed by atoms with Crippen molar-refractivity contribution in [2.75, 3.05) is 31.6 Å². The van der Waals surface area contributed by atoms with Crippen LogP contribution in [0.3, 0.4) is 0 Å². The van der Waals surface area contributed by atoms with Gasteiger partial charge in [0.1, 0.15) is 48.0 Å². The lowest BCUT2D eigenvalue weighted by molar-refractivity contribution is -0.142. The Morgan fingerprint density at radius 2 is 1.29 bits per heavy atom. The van der Waals surface area contributed by atoms with E-state index in [0.717, 1.165) is 0 Å². The predicted molar refractivity (Wildman–Crippen MR) is 282 cm³/mol. The van der Waals surface area contributed by atoms with Crippen molar-refractivity contribution < 1.29 is 53.4 Å². The molecule has 418 valence electrons. The molecule has 0 aliphatic rings. The monoisotopic (exact) mass is 1070 g/mol. The molecule has 0 unspecified atom stereocenters. The number of rotatable bonds is 35. The number of carboxylic acid groups (broad SMARTS) is 1. The number of hydrogen-bond acceptors (Lipinski definition) is 15. The molecule has 0 aliphatic heterocycles. The number of hydrogen-bond donors (Lipinski definition) is 15. The van der Waals surface area contributed by atoms with E-state index in [0.29, 0.717) is 42.8 Å². The van der Waals surface area contributed by atoms with Gasteiger partial charge in [-0.3, -0.25) is 43.3 Å². The number of unbranched alkanes of at least 4 members (excludes halogenated alkanes) is 1. The summed E-state index contributed by atoms with van der Waals surface area (Å²) >= 11 is 1.39. The first kappa shape index (κ1) is 64.1. The van der Waals surface area contributed by atoms with Crippen molar-refractivity contribution in [1.29, 1.82) is 0 Å². The number of nitrogens with two attached hydrogens (primary N) is 4. The maximum atomic E-state index is 14.2. The Morgan fingerprint density at radius 3 is 1.88 bits per heavy atom. The number of nitrogens with one attached hydrogen (secondary N) is 9. The Kier molecular flexibility index (Phi) is 28.8. The van der Waals surface area contributed by atoms with Crippen molar-refractivity contribution in [3.05, 3.63) is 48.0 Å². The number of nitrogens with zero attached hydrogens (tertiary/aromatic N) is 2. The number of aromatic nitrogens is 2. The second-order valence-corrected chi connectivity index (χ2v) is 19.8. The topological polar surface area (TPSA) is 435 Å². The van der Waals surface area contributed by atoms with Crippen molar-refractivity contribution in [2.45, 2.75) is 141 Å². The molecule has 0 bridgehead atoms. The minimum Gasteiger partial charge on any atom is -0.508 e. The zero-order valence-corrected chi connectivity index (χ0v) is 44.4. The molecule has 1 heterocycles. The number of phenols is 1. The number of aliphatic imine (C=N–C) groups is 1. The Morgan fingerprint density at radius 1 is 0.693 bits per heavy atom. The molecule has 26 nitrogen and oxygen atoms in total. The maximum absolute atomic E-state index is 14.2. The van der Waals surface area contributed by atoms with Crippen molar-refractivity contribution in [2.24, 2.45) is 39.8 Å². The summed E-state index contributed by atoms with van der Waals surface area (Å²) < 4.78 is 0. The van der Waals surface area contributed by atoms with Crippen LogP contribution in [0, 0.1) is 11.8 Å². The molecule has 2 aromatic rings. The summed E-state index contributed by atoms with van der Waals surface area (Å²) in [5.74, 6) is -7.68. The Balaban J connectivity index is 2.21. The standard InChI is InChI=1S/C48H79N15O11S/c1-26(2)20-35(44(70)59-34(47(73)74)11-7-8-17-49)61-45(71)36(21-29-12-14-31(64)15-13-29)62-46(72)39(27(3)4)63-43(69)33(16-19-75-6)58-40(66)28(5)57-38(65)24-55-42(68)37(22-30-23-53-25-56-30)60-41(67)32(50)10-9-18-54-48(51)52/h12-15,23,25-28,32-37,39,64H,7-11,16-22,24,49-50H2,1-6H3,(H,53,56)(H,55,68)(H,57,65)(H,58,66)(H,59,70)(H,60,67)(H,61,71)(H,62,72)(H,63,69)(H,73,74)(H4,51,52,54)/t28-,32-,33-,34-,35-,36-,37-,39-/m0/s1. The molecule has 0 fully saturated rings. The number of aromatic hydroxyl groups is 1. The molecule has 0 aliphatic carbocycles. The molecule has 0 saturated heterocycles. The van der Waals surface area contributed by atoms with Crippen LogP contribution >= 0.6 is 11.8 Å². The minimum atomic E-state index is -1.35. The quantitative estimate of drug-likeness (QED) is 0.0192. The second-order valence-electron chi connectivity index (χ2n) is 18.8. The number of guanidine groups is 1. The molecule has 8 amide bonds. The normalized spacial score (nSPS) is 14.3. The zero-order valence-electron chi connectivity index (χ0n) is 43.6. The highest BCUT2D eigenvalue weighted by Crippen LogP contribution is 2.15. The number of benzene rings is 1. The summed E-state index contributed by atoms with van der Waals surface area (Å²) in [7, 11) is 0. The molecule has 0 radical (unpaired) electrons. The van der Waals surface area contributed by atoms with Gasteiger partial charge in [-0.15, -0.1) is 0 Å². The van der Waals surface area contributed by atoms with Crippen molar-refractivity contribution in [1.82, 2.24) is 52.5 Å². The summed E-state index contributed by atoms with van der Waals surface area (Å²) in [6, 6.07) is -3.79. The van der Waals surface area contributed by atoms with E-state index in [1.54, 1.807) is 32.2 Å². The lowest BCUT2D eigenvalue weighted by atomic mass is 9.99. The number of imidazole rings is 1. The smallest absolute Gasteiger partial charge is 0.326 e. The average Bonchev–Trinajstić information content (AvgIpc) is 3.87. The van der Waals surface area contributed by atoms with Gasteiger partial charge in [0.2, 0.25) is 47.3 Å². The van der Waals surface area contributed by atoms with Crippen LogP contribution in [0.1, 0.15) is 90.8 Å². The molecule has 75 heavy (non-hydrogen) atoms. The third kappa shape index (κ3) is 24.7. The van der Waals surface area contributed by atoms with Crippen molar-refractivity contribution in [3.8, 4) is 5.75 Å². The number of aliphatic carboxylic acids is 1. The fraction of sp³-hybridized carbons (Fsp3) is 0.604. The van der Waals surface area contributed by atoms with Gasteiger partial charge in [0, 0.05) is 31.3 Å². The van der Waals surface area contributed by atoms with E-state index in [2.05, 4.69) is 57.5 Å². The fourth-order valence-electron chi connectivity index (χ4n) is 7.33. The molecular formula is C48H79N15O11S. The molecule has 1 aromatic heterocycles. The van der Waals surface area contributed by atoms with Crippen molar-refractivity contribution in [3.63, 3.8) is 0 Å². The van der Waals surface area contributed by atoms with Gasteiger partial charge < -0.3 is 80.7 Å². The molecule has 0 saturated carbocycles. The number of aromatic amines is 1. The average molecular weight is 1070 g/mol. The summed E-state index contributed by atoms with van der Waals surface area (Å²) in [6.07, 6.45) is 6.42. The molecule has 1 aromatic carbocycles. The fourth-order valence-corrected chi connectivity index (χ4v) is 7.80. The number of carbonyl (C=O) groups is 9. The van der Waals surface area contributed by atoms with Gasteiger partial charge in [-0.05, 0) is 100.0 Å². The summed E-state index contributed by atoms with van der Waals surface area (Å²) in [4.78, 5) is 131. The SMILES string of the molecule is CSCC[C@H](NC(=O)[C@H](C)NC(=O)CNC(=O)[C@H](Cc1cnc[nH]1)NC(=O)[C@@H](N)CCCN=C(N)N)C(=O)N[C@H](C(=O)N[C@@H](Cc1ccc(O)cc1)C(=O)N[C@@H](CC(C)C)C(=O)N[C@@H](CCCCN)C(=O)O)C(C)C. The van der Waals surface area contributed by atoms with Crippen LogP contribution in [0.5, 0.6) is 5.75 Å². The summed E-state index contributed by atoms with van der Waals surface area (Å²) in [6.45, 7) is 8.29. The zero-order chi connectivity index (χ0) is 56.2. The van der Waals surface area contributed by atoms with Gasteiger partial charge >= 0.3 is 5.97 Å². The van der Waals surface area contributed by atoms with Crippen LogP contribution in [-0.4, -0.2) is 159 Å². The lowest BCUT2D eigenvalue weighted by Crippen LogP contribution is -2.61. The second kappa shape index (κ2) is 33.7. The van der Waals surface area contributed by atoms with Crippen LogP contribution in [0.15, 0.2) is 41.8 Å². The predicted octanol–water partition coefficient (Wildman–Crippen LogP) is -2.52. The van der Waals surface area contributed by atoms with E-state index >= 15 is 0 Å². The Labute approximate surface area is 441 Å². The van der Waals surface area contributed by atoms with Gasteiger partial charge in [0.05, 0.1) is 18.9 Å². The molecule has 2 rings (SSSR count). The third-order valence-corrected chi connectivity index (χ3v) is 12.2. The van der Waals surface area contributed by atoms with Gasteiger partial charge in [-0.2, -0.15) is 11.8 Å². The van der Waals surface area contributed by atoms with E-state index in [9.17, 15) is 53.4 Å². The molecule has 27 heteroatoms. The van der Waals surface area contributed by atoms with Crippen LogP contribution < -0.4 is 65.5 Å². The maximum Gasteiger partial charge on any atom is 0.326 e. The van der Waals surface area contributed by atoms with Crippen LogP contribution in [0.25, 0.3) is 0 Å². The number of thioether (sulfide) groups is 1. The van der Waals surface area contributed by atoms with E-state index in [1.165, 1.54) is 43.3 Å². The van der Waals surface area contributed by atoms with Crippen molar-refractivity contribution >= 4 is 70.9 Å². The number of carboxylic acids is 1. The molecule has 19 N–H and O–H groups in total. The lowest BCUT2D eigenvalue weighted by Gasteiger charge is -2.29. The highest BCUT2D eigenvalue weighted by molar-refractivity contribution is 7.98. The van der Waals surface area contributed by atoms with Crippen LogP contribution in [0.2, 0.25) is 0 Å². The van der Waals surface area contributed by atoms with Crippen LogP contribution in [0.4, 0.5) is 0 Å². The third-order valence-electron chi connectivity index (χ3n) is 11.5. The number of phenolic OH excluding ortho intramolecular Hbond substituents is 1. The largest absolute Gasteiger partial charge is 0.508 e. The Hall–Kier alpha value is -7.00. The molecule has 0 spiro atoms. The highest BCUT2D eigenvalue weighted by atomic mass is 32.2. The summed E-state index contributed by atoms with van der Waals surface area (Å²) in [5, 5.41) is 40.5. The van der Waals surface area contributed by atoms with E-state index in [-0.39, 0.29) is 62.7 Å². The Bertz CT molecular complexity index is 2190. The first-order valence-corrected chi connectivity index (χ1v) is 26.2. The van der Waals surface area contributed by atoms with Gasteiger partial charge in [-0.25, -0.2) is 9.78 Å². The van der Waals surface area contributed by atoms with E-state index in [4.69, 9.17) is 22.9 Å². The first-order chi connectivity index (χ1) is 35.4. The number of carbonyl (C=O) groups excluding carboxylic acids is 8. The summed E-state index contributed by atoms with van der Waals surface area (Å²) in [5.41, 5.74) is 23.3. The molecular weight excluding hydrogens is 995 g/mol. The van der Waals surface area contributed by atoms with Gasteiger partial charge in [0.15, 0.2) is 5.96 Å². The molecule has 8 atom stereocenters. The minimum absolute atomic E-state index is 0.0269. The highest BCUT2D eigenvalue weighted by Gasteiger charge is 2.35.